The van der Waals surface area contributed by atoms with Gasteiger partial charge in [0.2, 0.25) is 9.84 Å². The first kappa shape index (κ1) is 22.1. The van der Waals surface area contributed by atoms with Gasteiger partial charge in [-0.1, -0.05) is 18.2 Å². The monoisotopic (exact) mass is 463 g/mol. The zero-order chi connectivity index (χ0) is 23.6. The molecule has 1 amide bonds. The molecule has 3 N–H and O–H groups in total. The van der Waals surface area contributed by atoms with Crippen LogP contribution in [0.3, 0.4) is 0 Å². The lowest BCUT2D eigenvalue weighted by Crippen LogP contribution is -2.14. The number of para-hydroxylation sites is 1. The molecule has 33 heavy (non-hydrogen) atoms. The molecule has 0 saturated heterocycles. The van der Waals surface area contributed by atoms with Gasteiger partial charge in [-0.3, -0.25) is 9.78 Å². The fourth-order valence-corrected chi connectivity index (χ4v) is 4.88. The molecule has 0 spiro atoms. The van der Waals surface area contributed by atoms with Crippen LogP contribution in [0.1, 0.15) is 10.4 Å². The summed E-state index contributed by atoms with van der Waals surface area (Å²) in [5.41, 5.74) is 6.91. The summed E-state index contributed by atoms with van der Waals surface area (Å²) in [5, 5.41) is 3.61. The summed E-state index contributed by atoms with van der Waals surface area (Å²) in [6.45, 7) is 0. The Labute approximate surface area is 190 Å². The number of nitrogens with two attached hydrogens (primary N) is 1. The van der Waals surface area contributed by atoms with E-state index in [0.717, 1.165) is 0 Å². The molecular weight excluding hydrogens is 442 g/mol. The first-order valence-electron chi connectivity index (χ1n) is 9.87. The number of hydrogen-bond acceptors (Lipinski definition) is 7. The average molecular weight is 464 g/mol. The van der Waals surface area contributed by atoms with Crippen molar-refractivity contribution in [3.05, 3.63) is 78.5 Å². The van der Waals surface area contributed by atoms with Crippen molar-refractivity contribution < 1.29 is 22.7 Å². The molecule has 8 nitrogen and oxygen atoms in total. The number of pyridine rings is 1. The molecule has 168 valence electrons. The van der Waals surface area contributed by atoms with Gasteiger partial charge in [-0.2, -0.15) is 0 Å². The summed E-state index contributed by atoms with van der Waals surface area (Å²) < 4.78 is 37.2. The van der Waals surface area contributed by atoms with Gasteiger partial charge in [0, 0.05) is 23.3 Å². The van der Waals surface area contributed by atoms with Crippen LogP contribution in [0.15, 0.2) is 82.7 Å². The van der Waals surface area contributed by atoms with Gasteiger partial charge in [0.25, 0.3) is 5.91 Å². The number of anilines is 2. The van der Waals surface area contributed by atoms with Crippen molar-refractivity contribution in [1.82, 2.24) is 4.98 Å². The van der Waals surface area contributed by atoms with E-state index in [0.29, 0.717) is 28.3 Å². The van der Waals surface area contributed by atoms with Crippen molar-refractivity contribution in [1.29, 1.82) is 0 Å². The number of nitrogens with one attached hydrogen (secondary N) is 1. The third-order valence-corrected chi connectivity index (χ3v) is 6.93. The van der Waals surface area contributed by atoms with E-state index in [4.69, 9.17) is 15.2 Å². The van der Waals surface area contributed by atoms with Gasteiger partial charge < -0.3 is 20.5 Å². The highest BCUT2D eigenvalue weighted by Crippen LogP contribution is 2.35. The molecule has 9 heteroatoms. The van der Waals surface area contributed by atoms with Crippen molar-refractivity contribution in [3.63, 3.8) is 0 Å². The van der Waals surface area contributed by atoms with Crippen LogP contribution < -0.4 is 20.5 Å². The lowest BCUT2D eigenvalue weighted by Gasteiger charge is -2.15. The number of primary amides is 1. The average Bonchev–Trinajstić information content (AvgIpc) is 2.83. The molecule has 3 aromatic carbocycles. The van der Waals surface area contributed by atoms with Crippen LogP contribution in [0, 0.1) is 0 Å². The molecule has 0 fully saturated rings. The number of nitrogens with zero attached hydrogens (tertiary/aromatic N) is 1. The highest BCUT2D eigenvalue weighted by atomic mass is 32.2. The van der Waals surface area contributed by atoms with E-state index in [1.807, 2.05) is 0 Å². The second-order valence-corrected chi connectivity index (χ2v) is 9.02. The van der Waals surface area contributed by atoms with Crippen molar-refractivity contribution in [3.8, 4) is 11.5 Å². The molecule has 0 unspecified atom stereocenters. The van der Waals surface area contributed by atoms with Gasteiger partial charge in [0.1, 0.15) is 11.5 Å². The van der Waals surface area contributed by atoms with Crippen molar-refractivity contribution in [2.45, 2.75) is 9.79 Å². The first-order valence-corrected chi connectivity index (χ1v) is 11.3. The van der Waals surface area contributed by atoms with Crippen molar-refractivity contribution >= 4 is 38.0 Å². The van der Waals surface area contributed by atoms with Crippen LogP contribution in [-0.4, -0.2) is 33.5 Å². The smallest absolute Gasteiger partial charge is 0.252 e. The Kier molecular flexibility index (Phi) is 5.89. The van der Waals surface area contributed by atoms with E-state index in [-0.39, 0.29) is 20.9 Å². The van der Waals surface area contributed by atoms with Crippen molar-refractivity contribution in [2.24, 2.45) is 5.73 Å². The highest BCUT2D eigenvalue weighted by molar-refractivity contribution is 7.91. The maximum Gasteiger partial charge on any atom is 0.252 e. The Hall–Kier alpha value is -4.11. The quantitative estimate of drug-likeness (QED) is 0.426. The minimum absolute atomic E-state index is 0.00915. The van der Waals surface area contributed by atoms with Crippen LogP contribution >= 0.6 is 0 Å². The fraction of sp³-hybridized carbons (Fsp3) is 0.0833. The van der Waals surface area contributed by atoms with E-state index >= 15 is 0 Å². The third kappa shape index (κ3) is 4.18. The fourth-order valence-electron chi connectivity index (χ4n) is 3.46. The van der Waals surface area contributed by atoms with Gasteiger partial charge in [-0.05, 0) is 42.5 Å². The summed E-state index contributed by atoms with van der Waals surface area (Å²) in [7, 11) is -0.853. The Balaban J connectivity index is 1.90. The second-order valence-electron chi connectivity index (χ2n) is 7.10. The predicted octanol–water partition coefficient (Wildman–Crippen LogP) is 3.93. The summed E-state index contributed by atoms with van der Waals surface area (Å²) >= 11 is 0. The van der Waals surface area contributed by atoms with Crippen LogP contribution in [0.4, 0.5) is 11.4 Å². The normalized spacial score (nSPS) is 11.2. The minimum Gasteiger partial charge on any atom is -0.497 e. The zero-order valence-electron chi connectivity index (χ0n) is 17.9. The lowest BCUT2D eigenvalue weighted by atomic mass is 10.1. The molecular formula is C24H21N3O5S. The largest absolute Gasteiger partial charge is 0.497 e. The second kappa shape index (κ2) is 8.79. The van der Waals surface area contributed by atoms with Gasteiger partial charge in [-0.25, -0.2) is 8.42 Å². The molecule has 0 saturated carbocycles. The van der Waals surface area contributed by atoms with Gasteiger partial charge in [0.15, 0.2) is 0 Å². The topological polar surface area (TPSA) is 121 Å². The SMILES string of the molecule is COc1ccc(S(=O)(=O)c2cccc3c(Nc4cccc(OC)c4)c(C(N)=O)cnc23)cc1. The number of benzene rings is 3. The molecule has 1 aromatic heterocycles. The van der Waals surface area contributed by atoms with E-state index < -0.39 is 15.7 Å². The zero-order valence-corrected chi connectivity index (χ0v) is 18.7. The van der Waals surface area contributed by atoms with E-state index in [2.05, 4.69) is 10.3 Å². The minimum atomic E-state index is -3.91. The van der Waals surface area contributed by atoms with Crippen LogP contribution in [0.5, 0.6) is 11.5 Å². The number of ether oxygens (including phenoxy) is 2. The number of methoxy groups -OCH3 is 2. The summed E-state index contributed by atoms with van der Waals surface area (Å²) in [5.74, 6) is 0.459. The van der Waals surface area contributed by atoms with Crippen LogP contribution in [-0.2, 0) is 9.84 Å². The number of hydrogen-bond donors (Lipinski definition) is 2. The number of fused-ring (bicyclic) bond motifs is 1. The number of sulfone groups is 1. The molecule has 4 aromatic rings. The molecule has 0 aliphatic rings. The first-order chi connectivity index (χ1) is 15.8. The number of carbonyl (C=O) groups is 1. The number of amides is 1. The Morgan fingerprint density at radius 3 is 2.30 bits per heavy atom. The van der Waals surface area contributed by atoms with E-state index in [9.17, 15) is 13.2 Å². The molecule has 4 rings (SSSR count). The Morgan fingerprint density at radius 1 is 0.939 bits per heavy atom. The lowest BCUT2D eigenvalue weighted by molar-refractivity contribution is 0.100. The number of rotatable bonds is 7. The summed E-state index contributed by atoms with van der Waals surface area (Å²) in [6, 6.07) is 18.0. The third-order valence-electron chi connectivity index (χ3n) is 5.12. The molecule has 0 aliphatic carbocycles. The van der Waals surface area contributed by atoms with Crippen LogP contribution in [0.2, 0.25) is 0 Å². The van der Waals surface area contributed by atoms with Crippen LogP contribution in [0.25, 0.3) is 10.9 Å². The number of carbonyl (C=O) groups excluding carboxylic acids is 1. The highest BCUT2D eigenvalue weighted by Gasteiger charge is 2.24. The van der Waals surface area contributed by atoms with E-state index in [1.165, 1.54) is 31.5 Å². The molecule has 0 aliphatic heterocycles. The maximum absolute atomic E-state index is 13.4. The molecule has 1 heterocycles. The maximum atomic E-state index is 13.4. The van der Waals surface area contributed by atoms with E-state index in [1.54, 1.807) is 55.6 Å². The molecule has 0 bridgehead atoms. The van der Waals surface area contributed by atoms with Gasteiger partial charge >= 0.3 is 0 Å². The summed E-state index contributed by atoms with van der Waals surface area (Å²) in [4.78, 5) is 16.5. The Morgan fingerprint density at radius 2 is 1.64 bits per heavy atom. The van der Waals surface area contributed by atoms with Gasteiger partial charge in [0.05, 0.1) is 40.8 Å². The summed E-state index contributed by atoms with van der Waals surface area (Å²) in [6.07, 6.45) is 1.28. The predicted molar refractivity (Wildman–Crippen MR) is 125 cm³/mol. The number of aromatic nitrogens is 1. The van der Waals surface area contributed by atoms with Crippen molar-refractivity contribution in [2.75, 3.05) is 19.5 Å². The molecule has 0 radical (unpaired) electrons. The standard InChI is InChI=1S/C24H21N3O5S/c1-31-16-9-11-18(12-10-16)33(29,30)21-8-4-7-19-22(20(24(25)28)14-26-23(19)21)27-15-5-3-6-17(13-15)32-2/h3-14H,1-2H3,(H2,25,28)(H,26,27). The molecule has 0 atom stereocenters. The van der Waals surface area contributed by atoms with Gasteiger partial charge in [-0.15, -0.1) is 0 Å². The Bertz CT molecular complexity index is 1450.